The van der Waals surface area contributed by atoms with E-state index >= 15 is 0 Å². The Kier molecular flexibility index (Phi) is 16.6. The van der Waals surface area contributed by atoms with E-state index in [0.29, 0.717) is 5.56 Å². The Morgan fingerprint density at radius 1 is 0.769 bits per heavy atom. The average Bonchev–Trinajstić information content (AvgIpc) is 2.62. The molecule has 0 spiro atoms. The molecule has 0 aliphatic heterocycles. The maximum atomic E-state index is 10.9. The lowest BCUT2D eigenvalue weighted by molar-refractivity contribution is -0.697. The fraction of sp³-hybridized carbons (Fsp3) is 0.727. The van der Waals surface area contributed by atoms with Crippen molar-refractivity contribution in [1.29, 1.82) is 5.41 Å². The monoisotopic (exact) mass is 382 g/mol. The zero-order chi connectivity index (χ0) is 18.2. The van der Waals surface area contributed by atoms with Crippen LogP contribution in [0.25, 0.3) is 0 Å². The molecule has 1 rings (SSSR count). The number of aryl methyl sites for hydroxylation is 1. The highest BCUT2D eigenvalue weighted by Gasteiger charge is 2.01. The summed E-state index contributed by atoms with van der Waals surface area (Å²) in [5.74, 6) is -0.608. The van der Waals surface area contributed by atoms with Crippen molar-refractivity contribution in [2.45, 2.75) is 103 Å². The van der Waals surface area contributed by atoms with E-state index in [2.05, 4.69) is 11.5 Å². The number of nitrogens with zero attached hydrogens (tertiary/aromatic N) is 1. The number of nitrogens with one attached hydrogen (secondary N) is 1. The van der Waals surface area contributed by atoms with Crippen LogP contribution in [0.1, 0.15) is 102 Å². The predicted molar refractivity (Wildman–Crippen MR) is 111 cm³/mol. The maximum absolute atomic E-state index is 10.9. The molecule has 1 N–H and O–H groups in total. The predicted octanol–water partition coefficient (Wildman–Crippen LogP) is 5.56. The zero-order valence-electron chi connectivity index (χ0n) is 16.7. The van der Waals surface area contributed by atoms with Crippen LogP contribution in [0, 0.1) is 5.41 Å². The van der Waals surface area contributed by atoms with Crippen molar-refractivity contribution < 1.29 is 9.67 Å². The van der Waals surface area contributed by atoms with Crippen LogP contribution in [0.5, 0.6) is 0 Å². The Balaban J connectivity index is 0.00000625. The summed E-state index contributed by atoms with van der Waals surface area (Å²) in [5.41, 5.74) is 0.470. The van der Waals surface area contributed by atoms with Crippen LogP contribution in [-0.4, -0.2) is 5.90 Å². The summed E-state index contributed by atoms with van der Waals surface area (Å²) < 4.78 is 2.10. The molecule has 0 bridgehead atoms. The number of aromatic nitrogens is 1. The van der Waals surface area contributed by atoms with Crippen molar-refractivity contribution in [2.24, 2.45) is 0 Å². The largest absolute Gasteiger partial charge is 0.859 e. The van der Waals surface area contributed by atoms with Crippen LogP contribution in [0.2, 0.25) is 0 Å². The van der Waals surface area contributed by atoms with Crippen LogP contribution >= 0.6 is 12.4 Å². The first-order chi connectivity index (χ1) is 12.2. The van der Waals surface area contributed by atoms with Gasteiger partial charge in [-0.25, -0.2) is 4.57 Å². The van der Waals surface area contributed by atoms with Gasteiger partial charge in [0.2, 0.25) is 0 Å². The molecule has 0 saturated carbocycles. The summed E-state index contributed by atoms with van der Waals surface area (Å²) in [6.07, 6.45) is 23.1. The third-order valence-electron chi connectivity index (χ3n) is 4.92. The van der Waals surface area contributed by atoms with Crippen molar-refractivity contribution in [1.82, 2.24) is 0 Å². The Hall–Kier alpha value is -1.09. The molecular formula is C22H39ClN2O. The van der Waals surface area contributed by atoms with E-state index < -0.39 is 5.90 Å². The highest BCUT2D eigenvalue weighted by atomic mass is 35.5. The van der Waals surface area contributed by atoms with Crippen molar-refractivity contribution in [3.05, 3.63) is 30.1 Å². The lowest BCUT2D eigenvalue weighted by atomic mass is 10.0. The van der Waals surface area contributed by atoms with E-state index in [1.165, 1.54) is 89.9 Å². The van der Waals surface area contributed by atoms with Gasteiger partial charge in [0.05, 0.1) is 0 Å². The van der Waals surface area contributed by atoms with Gasteiger partial charge in [-0.15, -0.1) is 12.4 Å². The van der Waals surface area contributed by atoms with Gasteiger partial charge in [0, 0.05) is 18.6 Å². The first kappa shape index (κ1) is 24.9. The third kappa shape index (κ3) is 13.2. The minimum Gasteiger partial charge on any atom is -0.859 e. The summed E-state index contributed by atoms with van der Waals surface area (Å²) in [4.78, 5) is 0. The SMILES string of the molecule is CCCCCCCCCCCCCCCC[n+]1ccc(C(=N)[O-])cc1.Cl. The topological polar surface area (TPSA) is 50.8 Å². The van der Waals surface area contributed by atoms with Crippen molar-refractivity contribution in [3.63, 3.8) is 0 Å². The molecule has 0 unspecified atom stereocenters. The molecule has 150 valence electrons. The van der Waals surface area contributed by atoms with Gasteiger partial charge < -0.3 is 10.5 Å². The number of halogens is 1. The van der Waals surface area contributed by atoms with Crippen LogP contribution in [0.4, 0.5) is 0 Å². The summed E-state index contributed by atoms with van der Waals surface area (Å²) in [5, 5.41) is 18.0. The second-order valence-corrected chi connectivity index (χ2v) is 7.25. The van der Waals surface area contributed by atoms with E-state index in [4.69, 9.17) is 5.41 Å². The molecule has 1 heterocycles. The molecule has 0 amide bonds. The Morgan fingerprint density at radius 3 is 1.54 bits per heavy atom. The Bertz CT molecular complexity index is 448. The first-order valence-corrected chi connectivity index (χ1v) is 10.5. The number of rotatable bonds is 16. The van der Waals surface area contributed by atoms with E-state index in [1.807, 2.05) is 12.4 Å². The highest BCUT2D eigenvalue weighted by Crippen LogP contribution is 2.12. The summed E-state index contributed by atoms with van der Waals surface area (Å²) in [6.45, 7) is 3.28. The first-order valence-electron chi connectivity index (χ1n) is 10.5. The van der Waals surface area contributed by atoms with E-state index in [9.17, 15) is 5.11 Å². The van der Waals surface area contributed by atoms with Gasteiger partial charge in [0.15, 0.2) is 12.4 Å². The molecule has 0 aliphatic carbocycles. The molecular weight excluding hydrogens is 344 g/mol. The Morgan fingerprint density at radius 2 is 1.15 bits per heavy atom. The van der Waals surface area contributed by atoms with Gasteiger partial charge in [-0.05, 0) is 17.9 Å². The van der Waals surface area contributed by atoms with Gasteiger partial charge in [-0.1, -0.05) is 84.0 Å². The van der Waals surface area contributed by atoms with E-state index in [0.717, 1.165) is 6.54 Å². The fourth-order valence-corrected chi connectivity index (χ4v) is 3.25. The second-order valence-electron chi connectivity index (χ2n) is 7.25. The van der Waals surface area contributed by atoms with Crippen molar-refractivity contribution in [3.8, 4) is 0 Å². The third-order valence-corrected chi connectivity index (χ3v) is 4.92. The second kappa shape index (κ2) is 17.3. The van der Waals surface area contributed by atoms with Gasteiger partial charge in [0.25, 0.3) is 0 Å². The number of unbranched alkanes of at least 4 members (excludes halogenated alkanes) is 13. The molecule has 0 aromatic carbocycles. The summed E-state index contributed by atoms with van der Waals surface area (Å²) in [6, 6.07) is 3.47. The van der Waals surface area contributed by atoms with Crippen molar-refractivity contribution in [2.75, 3.05) is 0 Å². The molecule has 0 atom stereocenters. The van der Waals surface area contributed by atoms with Crippen LogP contribution in [-0.2, 0) is 6.54 Å². The Labute approximate surface area is 167 Å². The normalized spacial score (nSPS) is 10.5. The highest BCUT2D eigenvalue weighted by molar-refractivity contribution is 5.87. The fourth-order valence-electron chi connectivity index (χ4n) is 3.25. The molecule has 0 aliphatic rings. The summed E-state index contributed by atoms with van der Waals surface area (Å²) in [7, 11) is 0. The number of pyridine rings is 1. The lowest BCUT2D eigenvalue weighted by Crippen LogP contribution is -2.33. The lowest BCUT2D eigenvalue weighted by Gasteiger charge is -2.05. The average molecular weight is 383 g/mol. The maximum Gasteiger partial charge on any atom is 0.169 e. The minimum absolute atomic E-state index is 0. The van der Waals surface area contributed by atoms with Crippen molar-refractivity contribution >= 4 is 18.3 Å². The molecule has 26 heavy (non-hydrogen) atoms. The molecule has 0 fully saturated rings. The van der Waals surface area contributed by atoms with Crippen LogP contribution < -0.4 is 9.67 Å². The minimum atomic E-state index is -0.608. The van der Waals surface area contributed by atoms with Gasteiger partial charge >= 0.3 is 0 Å². The van der Waals surface area contributed by atoms with E-state index in [1.54, 1.807) is 12.1 Å². The molecule has 4 heteroatoms. The smallest absolute Gasteiger partial charge is 0.169 e. The van der Waals surface area contributed by atoms with Crippen LogP contribution in [0.3, 0.4) is 0 Å². The summed E-state index contributed by atoms with van der Waals surface area (Å²) >= 11 is 0. The zero-order valence-corrected chi connectivity index (χ0v) is 17.5. The number of hydrogen-bond donors (Lipinski definition) is 1. The van der Waals surface area contributed by atoms with Gasteiger partial charge in [0.1, 0.15) is 6.54 Å². The van der Waals surface area contributed by atoms with Gasteiger partial charge in [-0.2, -0.15) is 0 Å². The molecule has 0 saturated heterocycles. The number of hydrogen-bond acceptors (Lipinski definition) is 2. The standard InChI is InChI=1S/C22H38N2O.ClH/c1-2-3-4-5-6-7-8-9-10-11-12-13-14-15-18-24-19-16-21(17-20-24)22(23)25;/h16-17,19-20H,2-15,18H2,1H3,(H-,23,25);1H. The molecule has 1 aromatic rings. The quantitative estimate of drug-likeness (QED) is 0.173. The molecule has 3 nitrogen and oxygen atoms in total. The van der Waals surface area contributed by atoms with E-state index in [-0.39, 0.29) is 12.4 Å². The molecule has 0 radical (unpaired) electrons. The van der Waals surface area contributed by atoms with Gasteiger partial charge in [-0.3, -0.25) is 0 Å². The molecule has 1 aromatic heterocycles. The van der Waals surface area contributed by atoms with Crippen LogP contribution in [0.15, 0.2) is 24.5 Å².